The summed E-state index contributed by atoms with van der Waals surface area (Å²) in [7, 11) is 4.10. The number of nitrogens with zero attached hydrogens (tertiary/aromatic N) is 2. The second kappa shape index (κ2) is 9.67. The van der Waals surface area contributed by atoms with Crippen LogP contribution in [0.2, 0.25) is 0 Å². The number of rotatable bonds is 8. The summed E-state index contributed by atoms with van der Waals surface area (Å²) in [6, 6.07) is 16.6. The fraction of sp³-hybridized carbons (Fsp3) is 0.435. The number of aromatic nitrogens is 1. The molecule has 0 saturated carbocycles. The molecule has 1 saturated heterocycles. The van der Waals surface area contributed by atoms with Gasteiger partial charge < -0.3 is 19.7 Å². The standard InChI is InChI=1S/C23H29N3O2S/c1-24-12-15-27-19-7-5-6-17(16-19)22(28-18-10-13-26(2)14-11-18)23-25-20-8-3-4-9-21(20)29-23/h3-9,16,18,22,24H,10-15H2,1-2H3. The van der Waals surface area contributed by atoms with E-state index >= 15 is 0 Å². The number of thiazole rings is 1. The van der Waals surface area contributed by atoms with Gasteiger partial charge in [0.2, 0.25) is 0 Å². The minimum absolute atomic E-state index is 0.173. The van der Waals surface area contributed by atoms with Crippen LogP contribution < -0.4 is 10.1 Å². The molecule has 4 rings (SSSR count). The predicted molar refractivity (Wildman–Crippen MR) is 119 cm³/mol. The molecule has 0 bridgehead atoms. The molecule has 29 heavy (non-hydrogen) atoms. The van der Waals surface area contributed by atoms with Crippen molar-refractivity contribution >= 4 is 21.6 Å². The fourth-order valence-corrected chi connectivity index (χ4v) is 4.67. The first kappa shape index (κ1) is 20.3. The maximum Gasteiger partial charge on any atom is 0.135 e. The van der Waals surface area contributed by atoms with E-state index < -0.39 is 0 Å². The molecule has 5 nitrogen and oxygen atoms in total. The van der Waals surface area contributed by atoms with Crippen LogP contribution in [0.5, 0.6) is 5.75 Å². The third kappa shape index (κ3) is 5.14. The highest BCUT2D eigenvalue weighted by atomic mass is 32.1. The molecule has 1 fully saturated rings. The third-order valence-corrected chi connectivity index (χ3v) is 6.39. The lowest BCUT2D eigenvalue weighted by Gasteiger charge is -2.31. The van der Waals surface area contributed by atoms with Crippen molar-refractivity contribution in [3.05, 3.63) is 59.1 Å². The lowest BCUT2D eigenvalue weighted by atomic mass is 10.1. The largest absolute Gasteiger partial charge is 0.492 e. The van der Waals surface area contributed by atoms with Crippen molar-refractivity contribution in [2.24, 2.45) is 0 Å². The van der Waals surface area contributed by atoms with Crippen molar-refractivity contribution in [1.29, 1.82) is 0 Å². The lowest BCUT2D eigenvalue weighted by Crippen LogP contribution is -2.35. The number of benzene rings is 2. The van der Waals surface area contributed by atoms with E-state index in [1.165, 1.54) is 4.70 Å². The van der Waals surface area contributed by atoms with Gasteiger partial charge in [0.05, 0.1) is 16.3 Å². The number of ether oxygens (including phenoxy) is 2. The van der Waals surface area contributed by atoms with Crippen LogP contribution in [0, 0.1) is 0 Å². The Bertz CT molecular complexity index is 888. The lowest BCUT2D eigenvalue weighted by molar-refractivity contribution is -0.0235. The Kier molecular flexibility index (Phi) is 6.77. The molecule has 1 aromatic heterocycles. The van der Waals surface area contributed by atoms with Crippen LogP contribution in [0.15, 0.2) is 48.5 Å². The van der Waals surface area contributed by atoms with E-state index in [-0.39, 0.29) is 12.2 Å². The van der Waals surface area contributed by atoms with Crippen LogP contribution in [-0.2, 0) is 4.74 Å². The summed E-state index contributed by atoms with van der Waals surface area (Å²) < 4.78 is 13.8. The predicted octanol–water partition coefficient (Wildman–Crippen LogP) is 4.09. The first-order valence-electron chi connectivity index (χ1n) is 10.3. The van der Waals surface area contributed by atoms with E-state index in [0.29, 0.717) is 6.61 Å². The summed E-state index contributed by atoms with van der Waals surface area (Å²) in [5.41, 5.74) is 2.14. The Morgan fingerprint density at radius 2 is 2.00 bits per heavy atom. The highest BCUT2D eigenvalue weighted by Crippen LogP contribution is 2.36. The molecule has 0 aliphatic carbocycles. The number of hydrogen-bond acceptors (Lipinski definition) is 6. The smallest absolute Gasteiger partial charge is 0.135 e. The van der Waals surface area contributed by atoms with Gasteiger partial charge in [-0.25, -0.2) is 4.98 Å². The fourth-order valence-electron chi connectivity index (χ4n) is 3.63. The number of para-hydroxylation sites is 1. The topological polar surface area (TPSA) is 46.6 Å². The van der Waals surface area contributed by atoms with Crippen molar-refractivity contribution in [2.45, 2.75) is 25.0 Å². The van der Waals surface area contributed by atoms with Crippen molar-refractivity contribution < 1.29 is 9.47 Å². The van der Waals surface area contributed by atoms with Gasteiger partial charge in [-0.05, 0) is 56.8 Å². The Morgan fingerprint density at radius 1 is 1.17 bits per heavy atom. The highest BCUT2D eigenvalue weighted by molar-refractivity contribution is 7.18. The van der Waals surface area contributed by atoms with Gasteiger partial charge in [0.15, 0.2) is 0 Å². The average Bonchev–Trinajstić information content (AvgIpc) is 3.17. The van der Waals surface area contributed by atoms with Gasteiger partial charge in [-0.15, -0.1) is 11.3 Å². The molecule has 2 heterocycles. The zero-order valence-corrected chi connectivity index (χ0v) is 18.0. The number of fused-ring (bicyclic) bond motifs is 1. The second-order valence-electron chi connectivity index (χ2n) is 7.56. The zero-order valence-electron chi connectivity index (χ0n) is 17.1. The van der Waals surface area contributed by atoms with Crippen LogP contribution in [0.25, 0.3) is 10.2 Å². The number of piperidine rings is 1. The molecule has 0 spiro atoms. The Balaban J connectivity index is 1.61. The minimum atomic E-state index is -0.173. The van der Waals surface area contributed by atoms with Crippen LogP contribution in [0.3, 0.4) is 0 Å². The van der Waals surface area contributed by atoms with Gasteiger partial charge in [-0.2, -0.15) is 0 Å². The van der Waals surface area contributed by atoms with Crippen LogP contribution in [0.1, 0.15) is 29.5 Å². The minimum Gasteiger partial charge on any atom is -0.492 e. The monoisotopic (exact) mass is 411 g/mol. The molecule has 1 aliphatic rings. The quantitative estimate of drug-likeness (QED) is 0.566. The summed E-state index contributed by atoms with van der Waals surface area (Å²) in [5, 5.41) is 4.12. The molecule has 0 amide bonds. The SMILES string of the molecule is CNCCOc1cccc(C(OC2CCN(C)CC2)c2nc3ccccc3s2)c1. The van der Waals surface area contributed by atoms with E-state index in [9.17, 15) is 0 Å². The van der Waals surface area contributed by atoms with Gasteiger partial charge in [-0.3, -0.25) is 0 Å². The van der Waals surface area contributed by atoms with Crippen molar-refractivity contribution in [1.82, 2.24) is 15.2 Å². The first-order chi connectivity index (χ1) is 14.2. The molecule has 0 radical (unpaired) electrons. The zero-order chi connectivity index (χ0) is 20.1. The molecular weight excluding hydrogens is 382 g/mol. The summed E-state index contributed by atoms with van der Waals surface area (Å²) in [6.45, 7) is 3.61. The molecule has 154 valence electrons. The summed E-state index contributed by atoms with van der Waals surface area (Å²) in [6.07, 6.45) is 2.18. The number of likely N-dealkylation sites (N-methyl/N-ethyl adjacent to an activating group) is 1. The van der Waals surface area contributed by atoms with Gasteiger partial charge in [-0.1, -0.05) is 24.3 Å². The molecule has 1 atom stereocenters. The van der Waals surface area contributed by atoms with Gasteiger partial charge in [0, 0.05) is 19.6 Å². The van der Waals surface area contributed by atoms with Gasteiger partial charge in [0.1, 0.15) is 23.5 Å². The first-order valence-corrected chi connectivity index (χ1v) is 11.1. The van der Waals surface area contributed by atoms with Gasteiger partial charge in [0.25, 0.3) is 0 Å². The molecule has 1 unspecified atom stereocenters. The van der Waals surface area contributed by atoms with E-state index in [4.69, 9.17) is 14.5 Å². The van der Waals surface area contributed by atoms with Crippen LogP contribution in [-0.4, -0.2) is 56.3 Å². The van der Waals surface area contributed by atoms with Crippen molar-refractivity contribution in [3.8, 4) is 5.75 Å². The number of nitrogens with one attached hydrogen (secondary N) is 1. The highest BCUT2D eigenvalue weighted by Gasteiger charge is 2.26. The van der Waals surface area contributed by atoms with Gasteiger partial charge >= 0.3 is 0 Å². The second-order valence-corrected chi connectivity index (χ2v) is 8.63. The number of likely N-dealkylation sites (tertiary alicyclic amines) is 1. The summed E-state index contributed by atoms with van der Waals surface area (Å²) in [4.78, 5) is 7.27. The average molecular weight is 412 g/mol. The van der Waals surface area contributed by atoms with Crippen molar-refractivity contribution in [3.63, 3.8) is 0 Å². The molecule has 3 aromatic rings. The van der Waals surface area contributed by atoms with E-state index in [1.54, 1.807) is 11.3 Å². The Morgan fingerprint density at radius 3 is 2.79 bits per heavy atom. The maximum absolute atomic E-state index is 6.68. The summed E-state index contributed by atoms with van der Waals surface area (Å²) >= 11 is 1.72. The van der Waals surface area contributed by atoms with Crippen LogP contribution in [0.4, 0.5) is 0 Å². The Hall–Kier alpha value is -1.99. The Labute approximate surface area is 176 Å². The maximum atomic E-state index is 6.68. The van der Waals surface area contributed by atoms with Crippen LogP contribution >= 0.6 is 11.3 Å². The summed E-state index contributed by atoms with van der Waals surface area (Å²) in [5.74, 6) is 0.871. The molecule has 6 heteroatoms. The molecule has 2 aromatic carbocycles. The third-order valence-electron chi connectivity index (χ3n) is 5.31. The number of hydrogen-bond donors (Lipinski definition) is 1. The van der Waals surface area contributed by atoms with E-state index in [2.05, 4.69) is 47.6 Å². The molecule has 1 N–H and O–H groups in total. The van der Waals surface area contributed by atoms with Crippen molar-refractivity contribution in [2.75, 3.05) is 40.3 Å². The normalized spacial score (nSPS) is 16.9. The molecule has 1 aliphatic heterocycles. The van der Waals surface area contributed by atoms with E-state index in [1.807, 2.05) is 25.2 Å². The molecular formula is C23H29N3O2S. The van der Waals surface area contributed by atoms with E-state index in [0.717, 1.165) is 54.3 Å².